The third kappa shape index (κ3) is 4.53. The summed E-state index contributed by atoms with van der Waals surface area (Å²) in [6.07, 6.45) is -1.51. The average molecular weight is 508 g/mol. The lowest BCUT2D eigenvalue weighted by Gasteiger charge is -2.21. The highest BCUT2D eigenvalue weighted by molar-refractivity contribution is 5.97. The number of amides is 1. The van der Waals surface area contributed by atoms with E-state index in [0.717, 1.165) is 16.8 Å². The Morgan fingerprint density at radius 2 is 1.61 bits per heavy atom. The summed E-state index contributed by atoms with van der Waals surface area (Å²) < 4.78 is 59.0. The average Bonchev–Trinajstić information content (AvgIpc) is 3.12. The van der Waals surface area contributed by atoms with E-state index in [2.05, 4.69) is 10.3 Å². The third-order valence-corrected chi connectivity index (χ3v) is 6.30. The van der Waals surface area contributed by atoms with Crippen LogP contribution in [0.3, 0.4) is 0 Å². The zero-order valence-electron chi connectivity index (χ0n) is 19.6. The van der Waals surface area contributed by atoms with Crippen molar-refractivity contribution in [2.45, 2.75) is 39.0 Å². The molecule has 3 atom stereocenters. The largest absolute Gasteiger partial charge is 0.389 e. The van der Waals surface area contributed by atoms with Gasteiger partial charge in [-0.1, -0.05) is 13.8 Å². The van der Waals surface area contributed by atoms with Gasteiger partial charge in [-0.05, 0) is 18.9 Å². The molecule has 8 nitrogen and oxygen atoms in total. The van der Waals surface area contributed by atoms with E-state index in [1.807, 2.05) is 13.8 Å². The number of carbonyl (C=O) groups excluding carboxylic acids is 1. The number of benzene rings is 1. The molecule has 1 aliphatic rings. The quantitative estimate of drug-likeness (QED) is 0.457. The molecule has 0 radical (unpaired) electrons. The van der Waals surface area contributed by atoms with Crippen LogP contribution >= 0.6 is 0 Å². The second-order valence-electron chi connectivity index (χ2n) is 9.17. The van der Waals surface area contributed by atoms with Crippen LogP contribution in [0, 0.1) is 29.2 Å². The topological polar surface area (TPSA) is 108 Å². The smallest absolute Gasteiger partial charge is 0.257 e. The number of aliphatic hydroxyl groups is 2. The van der Waals surface area contributed by atoms with Crippen LogP contribution in [-0.4, -0.2) is 57.0 Å². The summed E-state index contributed by atoms with van der Waals surface area (Å²) in [6.45, 7) is 5.00. The normalized spacial score (nSPS) is 18.8. The Hall–Kier alpha value is -3.51. The number of halogens is 4. The summed E-state index contributed by atoms with van der Waals surface area (Å²) in [5, 5.41) is 21.8. The molecule has 0 saturated carbocycles. The number of pyridine rings is 2. The van der Waals surface area contributed by atoms with E-state index in [1.165, 1.54) is 4.90 Å². The molecule has 1 aliphatic heterocycles. The van der Waals surface area contributed by atoms with Gasteiger partial charge in [0.05, 0.1) is 17.6 Å². The maximum atomic E-state index is 15.1. The summed E-state index contributed by atoms with van der Waals surface area (Å²) in [5.41, 5.74) is -2.71. The fourth-order valence-corrected chi connectivity index (χ4v) is 3.93. The number of nitrogens with zero attached hydrogens (tertiary/aromatic N) is 3. The Morgan fingerprint density at radius 1 is 1.03 bits per heavy atom. The minimum Gasteiger partial charge on any atom is -0.389 e. The highest BCUT2D eigenvalue weighted by Gasteiger charge is 2.33. The summed E-state index contributed by atoms with van der Waals surface area (Å²) in [5.74, 6) is -6.15. The van der Waals surface area contributed by atoms with Gasteiger partial charge in [0, 0.05) is 37.5 Å². The number of fused-ring (bicyclic) bond motifs is 1. The Morgan fingerprint density at radius 3 is 2.17 bits per heavy atom. The lowest BCUT2D eigenvalue weighted by molar-refractivity contribution is 0.0572. The van der Waals surface area contributed by atoms with Crippen molar-refractivity contribution in [1.29, 1.82) is 0 Å². The maximum Gasteiger partial charge on any atom is 0.257 e. The first-order valence-corrected chi connectivity index (χ1v) is 11.2. The third-order valence-electron chi connectivity index (χ3n) is 6.30. The lowest BCUT2D eigenvalue weighted by Crippen LogP contribution is -2.38. The summed E-state index contributed by atoms with van der Waals surface area (Å²) in [4.78, 5) is 31.4. The van der Waals surface area contributed by atoms with Crippen LogP contribution in [0.2, 0.25) is 0 Å². The Labute approximate surface area is 202 Å². The summed E-state index contributed by atoms with van der Waals surface area (Å²) in [6, 6.07) is 1.24. The molecule has 3 aromatic rings. The fraction of sp³-hybridized carbons (Fsp3) is 0.375. The molecule has 1 saturated heterocycles. The van der Waals surface area contributed by atoms with Gasteiger partial charge >= 0.3 is 0 Å². The molecule has 36 heavy (non-hydrogen) atoms. The highest BCUT2D eigenvalue weighted by Crippen LogP contribution is 2.28. The fourth-order valence-electron chi connectivity index (χ4n) is 3.93. The number of nitrogens with one attached hydrogen (secondary N) is 1. The molecular formula is C24H24F4N4O4. The van der Waals surface area contributed by atoms with E-state index < -0.39 is 69.1 Å². The van der Waals surface area contributed by atoms with Crippen LogP contribution in [0.4, 0.5) is 23.4 Å². The van der Waals surface area contributed by atoms with Gasteiger partial charge in [0.2, 0.25) is 5.43 Å². The van der Waals surface area contributed by atoms with Crippen molar-refractivity contribution in [2.24, 2.45) is 5.92 Å². The minimum absolute atomic E-state index is 0.00329. The first-order chi connectivity index (χ1) is 16.9. The molecule has 0 bridgehead atoms. The second kappa shape index (κ2) is 9.51. The van der Waals surface area contributed by atoms with E-state index in [0.29, 0.717) is 12.1 Å². The van der Waals surface area contributed by atoms with Gasteiger partial charge < -0.3 is 20.4 Å². The predicted molar refractivity (Wildman–Crippen MR) is 123 cm³/mol. The molecule has 1 amide bonds. The van der Waals surface area contributed by atoms with Crippen LogP contribution in [0.5, 0.6) is 0 Å². The Kier molecular flexibility index (Phi) is 6.76. The van der Waals surface area contributed by atoms with Crippen LogP contribution in [0.25, 0.3) is 16.7 Å². The van der Waals surface area contributed by atoms with Crippen LogP contribution in [-0.2, 0) is 0 Å². The van der Waals surface area contributed by atoms with Gasteiger partial charge in [-0.25, -0.2) is 22.5 Å². The van der Waals surface area contributed by atoms with E-state index in [1.54, 1.807) is 6.92 Å². The molecule has 0 unspecified atom stereocenters. The van der Waals surface area contributed by atoms with Gasteiger partial charge in [-0.3, -0.25) is 14.2 Å². The van der Waals surface area contributed by atoms with Crippen molar-refractivity contribution >= 4 is 22.8 Å². The molecule has 192 valence electrons. The van der Waals surface area contributed by atoms with Gasteiger partial charge in [0.15, 0.2) is 28.9 Å². The zero-order valence-corrected chi connectivity index (χ0v) is 19.6. The molecular weight excluding hydrogens is 484 g/mol. The van der Waals surface area contributed by atoms with Crippen molar-refractivity contribution in [3.05, 3.63) is 63.5 Å². The molecule has 2 aromatic heterocycles. The second-order valence-corrected chi connectivity index (χ2v) is 9.17. The van der Waals surface area contributed by atoms with Gasteiger partial charge in [-0.15, -0.1) is 0 Å². The van der Waals surface area contributed by atoms with Gasteiger partial charge in [0.25, 0.3) is 5.91 Å². The highest BCUT2D eigenvalue weighted by atomic mass is 19.1. The number of anilines is 1. The van der Waals surface area contributed by atoms with Crippen LogP contribution in [0.15, 0.2) is 29.2 Å². The number of rotatable bonds is 5. The zero-order chi connectivity index (χ0) is 26.5. The van der Waals surface area contributed by atoms with E-state index >= 15 is 4.39 Å². The first-order valence-electron chi connectivity index (χ1n) is 11.2. The van der Waals surface area contributed by atoms with E-state index in [9.17, 15) is 33.0 Å². The van der Waals surface area contributed by atoms with E-state index in [4.69, 9.17) is 0 Å². The Bertz CT molecular complexity index is 1380. The van der Waals surface area contributed by atoms with Crippen molar-refractivity contribution in [2.75, 3.05) is 18.0 Å². The predicted octanol–water partition coefficient (Wildman–Crippen LogP) is 2.26. The summed E-state index contributed by atoms with van der Waals surface area (Å²) >= 11 is 0. The summed E-state index contributed by atoms with van der Waals surface area (Å²) in [7, 11) is 0. The monoisotopic (exact) mass is 508 g/mol. The van der Waals surface area contributed by atoms with Crippen LogP contribution < -0.4 is 15.6 Å². The number of β-amino-alcohol motifs (C(OH)–C–C–N with tert-alkyl or cyclic N) is 2. The van der Waals surface area contributed by atoms with Gasteiger partial charge in [0.1, 0.15) is 17.1 Å². The van der Waals surface area contributed by atoms with Crippen molar-refractivity contribution in [1.82, 2.24) is 14.9 Å². The number of aliphatic hydroxyl groups excluding tert-OH is 2. The van der Waals surface area contributed by atoms with Crippen LogP contribution in [0.1, 0.15) is 31.1 Å². The molecule has 0 spiro atoms. The molecule has 4 rings (SSSR count). The first kappa shape index (κ1) is 25.6. The van der Waals surface area contributed by atoms with E-state index in [-0.39, 0.29) is 30.9 Å². The molecule has 12 heteroatoms. The number of hydrogen-bond acceptors (Lipinski definition) is 6. The molecule has 3 heterocycles. The maximum absolute atomic E-state index is 15.1. The Balaban J connectivity index is 2.00. The van der Waals surface area contributed by atoms with Gasteiger partial charge in [-0.2, -0.15) is 0 Å². The number of hydrogen-bond donors (Lipinski definition) is 3. The lowest BCUT2D eigenvalue weighted by atomic mass is 10.1. The molecule has 1 aromatic carbocycles. The molecule has 1 fully saturated rings. The van der Waals surface area contributed by atoms with Crippen molar-refractivity contribution < 1.29 is 32.6 Å². The van der Waals surface area contributed by atoms with Crippen molar-refractivity contribution in [3.8, 4) is 5.69 Å². The standard InChI is InChI=1S/C24H24F4N4O4/c1-10(2)11(3)29-24(36)14-7-32(20-15(26)4-12(25)5-16(20)27)22-13(21(14)35)6-17(28)23(30-22)31-8-18(33)19(34)9-31/h4-7,10-11,18-19,33-34H,8-9H2,1-3H3,(H,29,36)/t11-,18-,19-/m1/s1. The SMILES string of the molecule is CC(C)[C@@H](C)NC(=O)c1cn(-c2c(F)cc(F)cc2F)c2nc(N3C[C@@H](O)[C@H](O)C3)c(F)cc2c1=O. The molecule has 0 aliphatic carbocycles. The number of aromatic nitrogens is 2. The molecule has 3 N–H and O–H groups in total. The minimum atomic E-state index is -1.35. The number of carbonyl (C=O) groups is 1. The van der Waals surface area contributed by atoms with Crippen molar-refractivity contribution in [3.63, 3.8) is 0 Å².